The molecule has 4 N–H and O–H groups in total. The predicted octanol–water partition coefficient (Wildman–Crippen LogP) is 1.03. The van der Waals surface area contributed by atoms with Crippen molar-refractivity contribution in [3.63, 3.8) is 0 Å². The van der Waals surface area contributed by atoms with E-state index in [1.165, 1.54) is 12.8 Å². The van der Waals surface area contributed by atoms with Crippen LogP contribution in [0.15, 0.2) is 6.07 Å². The van der Waals surface area contributed by atoms with Crippen LogP contribution in [0.3, 0.4) is 0 Å². The largest absolute Gasteiger partial charge is 0.350 e. The molecule has 1 aromatic rings. The highest BCUT2D eigenvalue weighted by atomic mass is 35.5. The Morgan fingerprint density at radius 2 is 2.41 bits per heavy atom. The molecule has 0 radical (unpaired) electrons. The normalized spacial score (nSPS) is 16.1. The number of rotatable bonds is 5. The van der Waals surface area contributed by atoms with Crippen molar-refractivity contribution in [2.75, 3.05) is 13.1 Å². The maximum Gasteiger partial charge on any atom is 0.271 e. The van der Waals surface area contributed by atoms with E-state index in [1.807, 2.05) is 13.0 Å². The molecule has 5 nitrogen and oxygen atoms in total. The molecule has 6 heteroatoms. The summed E-state index contributed by atoms with van der Waals surface area (Å²) in [6.07, 6.45) is 2.40. The summed E-state index contributed by atoms with van der Waals surface area (Å²) in [4.78, 5) is 11.7. The van der Waals surface area contributed by atoms with Gasteiger partial charge in [-0.3, -0.25) is 9.89 Å². The minimum absolute atomic E-state index is 0. The van der Waals surface area contributed by atoms with Crippen LogP contribution in [0.25, 0.3) is 0 Å². The van der Waals surface area contributed by atoms with Crippen molar-refractivity contribution in [2.45, 2.75) is 25.7 Å². The molecule has 96 valence electrons. The zero-order valence-electron chi connectivity index (χ0n) is 9.90. The molecule has 1 amide bonds. The van der Waals surface area contributed by atoms with Gasteiger partial charge in [0.1, 0.15) is 5.69 Å². The number of hydrogen-bond acceptors (Lipinski definition) is 3. The predicted molar refractivity (Wildman–Crippen MR) is 68.4 cm³/mol. The van der Waals surface area contributed by atoms with E-state index in [4.69, 9.17) is 5.73 Å². The Kier molecular flexibility index (Phi) is 4.96. The van der Waals surface area contributed by atoms with Gasteiger partial charge in [0.2, 0.25) is 0 Å². The Morgan fingerprint density at radius 3 is 3.00 bits per heavy atom. The maximum atomic E-state index is 11.7. The second-order valence-electron chi connectivity index (χ2n) is 4.53. The van der Waals surface area contributed by atoms with Crippen molar-refractivity contribution in [1.82, 2.24) is 15.5 Å². The number of halogens is 1. The first-order valence-corrected chi connectivity index (χ1v) is 5.74. The lowest BCUT2D eigenvalue weighted by Gasteiger charge is -2.08. The minimum Gasteiger partial charge on any atom is -0.350 e. The van der Waals surface area contributed by atoms with E-state index in [2.05, 4.69) is 15.5 Å². The van der Waals surface area contributed by atoms with Crippen molar-refractivity contribution in [3.05, 3.63) is 17.5 Å². The lowest BCUT2D eigenvalue weighted by Crippen LogP contribution is -2.31. The molecule has 1 heterocycles. The Hall–Kier alpha value is -1.07. The number of H-pyrrole nitrogens is 1. The van der Waals surface area contributed by atoms with Gasteiger partial charge in [-0.05, 0) is 31.4 Å². The molecule has 1 saturated carbocycles. The van der Waals surface area contributed by atoms with Gasteiger partial charge in [-0.2, -0.15) is 5.10 Å². The smallest absolute Gasteiger partial charge is 0.271 e. The molecule has 1 atom stereocenters. The van der Waals surface area contributed by atoms with E-state index in [9.17, 15) is 4.79 Å². The van der Waals surface area contributed by atoms with E-state index in [-0.39, 0.29) is 18.3 Å². The number of aromatic amines is 1. The number of carbonyl (C=O) groups excluding carboxylic acids is 1. The second kappa shape index (κ2) is 6.02. The van der Waals surface area contributed by atoms with E-state index < -0.39 is 0 Å². The first kappa shape index (κ1) is 14.0. The van der Waals surface area contributed by atoms with Crippen LogP contribution in [0.4, 0.5) is 0 Å². The zero-order valence-corrected chi connectivity index (χ0v) is 10.7. The van der Waals surface area contributed by atoms with Gasteiger partial charge < -0.3 is 11.1 Å². The molecule has 0 saturated heterocycles. The fourth-order valence-electron chi connectivity index (χ4n) is 1.50. The van der Waals surface area contributed by atoms with E-state index >= 15 is 0 Å². The number of nitrogens with one attached hydrogen (secondary N) is 2. The van der Waals surface area contributed by atoms with Crippen LogP contribution in [-0.2, 0) is 0 Å². The number of nitrogens with zero attached hydrogens (tertiary/aromatic N) is 1. The van der Waals surface area contributed by atoms with Gasteiger partial charge in [-0.15, -0.1) is 12.4 Å². The maximum absolute atomic E-state index is 11.7. The molecule has 0 spiro atoms. The topological polar surface area (TPSA) is 83.8 Å². The molecule has 1 fully saturated rings. The van der Waals surface area contributed by atoms with Gasteiger partial charge in [0.15, 0.2) is 0 Å². The standard InChI is InChI=1S/C11H18N4O.ClH/c1-7(5-12)6-13-11(16)10-4-9(14-15-10)8-2-3-8;/h4,7-8H,2-3,5-6,12H2,1H3,(H,13,16)(H,14,15);1H. The Bertz CT molecular complexity index is 375. The van der Waals surface area contributed by atoms with Crippen LogP contribution in [0.2, 0.25) is 0 Å². The van der Waals surface area contributed by atoms with Crippen molar-refractivity contribution in [3.8, 4) is 0 Å². The fraction of sp³-hybridized carbons (Fsp3) is 0.636. The Balaban J connectivity index is 0.00000144. The van der Waals surface area contributed by atoms with Gasteiger partial charge in [-0.1, -0.05) is 6.92 Å². The third-order valence-electron chi connectivity index (χ3n) is 2.86. The lowest BCUT2D eigenvalue weighted by atomic mass is 10.2. The molecule has 1 unspecified atom stereocenters. The second-order valence-corrected chi connectivity index (χ2v) is 4.53. The summed E-state index contributed by atoms with van der Waals surface area (Å²) in [6.45, 7) is 3.18. The molecule has 1 aliphatic rings. The molecular formula is C11H19ClN4O. The number of aromatic nitrogens is 2. The van der Waals surface area contributed by atoms with E-state index in [0.29, 0.717) is 30.6 Å². The molecular weight excluding hydrogens is 240 g/mol. The SMILES string of the molecule is CC(CN)CNC(=O)c1cc(C2CC2)[nH]n1.Cl. The molecule has 2 rings (SSSR count). The van der Waals surface area contributed by atoms with Crippen LogP contribution in [0.5, 0.6) is 0 Å². The summed E-state index contributed by atoms with van der Waals surface area (Å²) >= 11 is 0. The number of amides is 1. The zero-order chi connectivity index (χ0) is 11.5. The fourth-order valence-corrected chi connectivity index (χ4v) is 1.50. The molecule has 0 aromatic carbocycles. The number of hydrogen-bond donors (Lipinski definition) is 3. The number of carbonyl (C=O) groups is 1. The Labute approximate surface area is 107 Å². The highest BCUT2D eigenvalue weighted by Gasteiger charge is 2.26. The van der Waals surface area contributed by atoms with Crippen LogP contribution in [0, 0.1) is 5.92 Å². The van der Waals surface area contributed by atoms with Gasteiger partial charge in [0.25, 0.3) is 5.91 Å². The quantitative estimate of drug-likeness (QED) is 0.738. The lowest BCUT2D eigenvalue weighted by molar-refractivity contribution is 0.0943. The molecule has 0 bridgehead atoms. The van der Waals surface area contributed by atoms with Crippen LogP contribution in [-0.4, -0.2) is 29.2 Å². The summed E-state index contributed by atoms with van der Waals surface area (Å²) < 4.78 is 0. The Morgan fingerprint density at radius 1 is 1.71 bits per heavy atom. The van der Waals surface area contributed by atoms with Crippen LogP contribution < -0.4 is 11.1 Å². The molecule has 0 aliphatic heterocycles. The van der Waals surface area contributed by atoms with E-state index in [1.54, 1.807) is 0 Å². The van der Waals surface area contributed by atoms with Gasteiger partial charge >= 0.3 is 0 Å². The molecule has 1 aromatic heterocycles. The summed E-state index contributed by atoms with van der Waals surface area (Å²) in [7, 11) is 0. The summed E-state index contributed by atoms with van der Waals surface area (Å²) in [5.74, 6) is 0.770. The van der Waals surface area contributed by atoms with Gasteiger partial charge in [0.05, 0.1) is 0 Å². The third kappa shape index (κ3) is 3.71. The summed E-state index contributed by atoms with van der Waals surface area (Å²) in [5, 5.41) is 9.75. The van der Waals surface area contributed by atoms with Crippen molar-refractivity contribution in [1.29, 1.82) is 0 Å². The van der Waals surface area contributed by atoms with Gasteiger partial charge in [-0.25, -0.2) is 0 Å². The summed E-state index contributed by atoms with van der Waals surface area (Å²) in [6, 6.07) is 1.85. The third-order valence-corrected chi connectivity index (χ3v) is 2.86. The highest BCUT2D eigenvalue weighted by molar-refractivity contribution is 5.92. The van der Waals surface area contributed by atoms with Crippen LogP contribution >= 0.6 is 12.4 Å². The average molecular weight is 259 g/mol. The highest BCUT2D eigenvalue weighted by Crippen LogP contribution is 2.38. The van der Waals surface area contributed by atoms with Crippen molar-refractivity contribution in [2.24, 2.45) is 11.7 Å². The monoisotopic (exact) mass is 258 g/mol. The van der Waals surface area contributed by atoms with Gasteiger partial charge in [0, 0.05) is 18.2 Å². The molecule has 1 aliphatic carbocycles. The molecule has 17 heavy (non-hydrogen) atoms. The first-order valence-electron chi connectivity index (χ1n) is 5.74. The van der Waals surface area contributed by atoms with E-state index in [0.717, 1.165) is 5.69 Å². The number of nitrogens with two attached hydrogens (primary N) is 1. The first-order chi connectivity index (χ1) is 7.70. The van der Waals surface area contributed by atoms with Crippen molar-refractivity contribution >= 4 is 18.3 Å². The minimum atomic E-state index is -0.122. The summed E-state index contributed by atoms with van der Waals surface area (Å²) in [5.41, 5.74) is 7.03. The van der Waals surface area contributed by atoms with Crippen LogP contribution in [0.1, 0.15) is 41.9 Å². The average Bonchev–Trinajstić information content (AvgIpc) is 3.03. The van der Waals surface area contributed by atoms with Crippen molar-refractivity contribution < 1.29 is 4.79 Å².